The fraction of sp³-hybridized carbons (Fsp3) is 0.250. The standard InChI is InChI=1S/C8H10ClNO3S/c1-13-5-6-2-3-8(7(9)4-6)14(10,11)12/h2-4H,5H2,1H3,(H2,10,11,12). The van der Waals surface area contributed by atoms with Crippen molar-refractivity contribution in [2.45, 2.75) is 11.5 Å². The Morgan fingerprint density at radius 3 is 2.57 bits per heavy atom. The Balaban J connectivity index is 3.15. The molecule has 0 aromatic heterocycles. The molecule has 0 heterocycles. The summed E-state index contributed by atoms with van der Waals surface area (Å²) in [5.74, 6) is 0. The number of ether oxygens (including phenoxy) is 1. The zero-order chi connectivity index (χ0) is 10.8. The van der Waals surface area contributed by atoms with Crippen LogP contribution in [0, 0.1) is 0 Å². The zero-order valence-corrected chi connectivity index (χ0v) is 9.10. The Morgan fingerprint density at radius 1 is 1.50 bits per heavy atom. The molecule has 0 saturated carbocycles. The Bertz CT molecular complexity index is 430. The molecule has 0 unspecified atom stereocenters. The van der Waals surface area contributed by atoms with E-state index in [4.69, 9.17) is 21.5 Å². The molecule has 0 aliphatic heterocycles. The largest absolute Gasteiger partial charge is 0.380 e. The van der Waals surface area contributed by atoms with Gasteiger partial charge in [-0.25, -0.2) is 13.6 Å². The van der Waals surface area contributed by atoms with Crippen molar-refractivity contribution in [3.63, 3.8) is 0 Å². The number of benzene rings is 1. The van der Waals surface area contributed by atoms with Crippen LogP contribution in [0.3, 0.4) is 0 Å². The van der Waals surface area contributed by atoms with Crippen LogP contribution in [0.25, 0.3) is 0 Å². The fourth-order valence-corrected chi connectivity index (χ4v) is 2.15. The van der Waals surface area contributed by atoms with Crippen LogP contribution in [0.1, 0.15) is 5.56 Å². The number of primary sulfonamides is 1. The molecule has 0 bridgehead atoms. The first kappa shape index (κ1) is 11.5. The molecular weight excluding hydrogens is 226 g/mol. The predicted molar refractivity (Wildman–Crippen MR) is 53.5 cm³/mol. The number of sulfonamides is 1. The molecule has 1 aromatic carbocycles. The maximum atomic E-state index is 11.0. The first-order valence-electron chi connectivity index (χ1n) is 3.75. The van der Waals surface area contributed by atoms with E-state index in [2.05, 4.69) is 0 Å². The molecule has 6 heteroatoms. The number of hydrogen-bond acceptors (Lipinski definition) is 3. The van der Waals surface area contributed by atoms with E-state index >= 15 is 0 Å². The molecule has 0 aliphatic rings. The lowest BCUT2D eigenvalue weighted by Crippen LogP contribution is -2.12. The summed E-state index contributed by atoms with van der Waals surface area (Å²) >= 11 is 5.74. The van der Waals surface area contributed by atoms with Crippen LogP contribution < -0.4 is 5.14 Å². The monoisotopic (exact) mass is 235 g/mol. The first-order valence-corrected chi connectivity index (χ1v) is 5.67. The molecule has 0 saturated heterocycles. The highest BCUT2D eigenvalue weighted by Gasteiger charge is 2.12. The fourth-order valence-electron chi connectivity index (χ4n) is 1.03. The third-order valence-corrected chi connectivity index (χ3v) is 3.01. The second-order valence-electron chi connectivity index (χ2n) is 2.74. The van der Waals surface area contributed by atoms with Crippen LogP contribution in [0.15, 0.2) is 23.1 Å². The summed E-state index contributed by atoms with van der Waals surface area (Å²) in [7, 11) is -2.19. The average molecular weight is 236 g/mol. The number of halogens is 1. The highest BCUT2D eigenvalue weighted by molar-refractivity contribution is 7.89. The molecule has 0 spiro atoms. The maximum absolute atomic E-state index is 11.0. The van der Waals surface area contributed by atoms with Crippen molar-refractivity contribution in [2.24, 2.45) is 5.14 Å². The van der Waals surface area contributed by atoms with Crippen LogP contribution in [-0.2, 0) is 21.4 Å². The summed E-state index contributed by atoms with van der Waals surface area (Å²) in [6.45, 7) is 0.380. The number of methoxy groups -OCH3 is 1. The smallest absolute Gasteiger partial charge is 0.239 e. The van der Waals surface area contributed by atoms with Gasteiger partial charge in [0.25, 0.3) is 0 Å². The van der Waals surface area contributed by atoms with Crippen LogP contribution in [0.4, 0.5) is 0 Å². The van der Waals surface area contributed by atoms with Gasteiger partial charge >= 0.3 is 0 Å². The van der Waals surface area contributed by atoms with E-state index in [1.807, 2.05) is 0 Å². The van der Waals surface area contributed by atoms with Crippen LogP contribution in [0.2, 0.25) is 5.02 Å². The Labute approximate surface area is 87.7 Å². The summed E-state index contributed by atoms with van der Waals surface area (Å²) in [4.78, 5) is -0.0704. The SMILES string of the molecule is COCc1ccc(S(N)(=O)=O)c(Cl)c1. The van der Waals surface area contributed by atoms with Crippen molar-refractivity contribution in [1.82, 2.24) is 0 Å². The molecule has 78 valence electrons. The van der Waals surface area contributed by atoms with Crippen molar-refractivity contribution >= 4 is 21.6 Å². The van der Waals surface area contributed by atoms with E-state index in [0.29, 0.717) is 6.61 Å². The molecular formula is C8H10ClNO3S. The van der Waals surface area contributed by atoms with Gasteiger partial charge < -0.3 is 4.74 Å². The van der Waals surface area contributed by atoms with Gasteiger partial charge in [0, 0.05) is 7.11 Å². The van der Waals surface area contributed by atoms with Gasteiger partial charge in [-0.15, -0.1) is 0 Å². The van der Waals surface area contributed by atoms with E-state index in [9.17, 15) is 8.42 Å². The van der Waals surface area contributed by atoms with Gasteiger partial charge in [-0.05, 0) is 17.7 Å². The minimum absolute atomic E-state index is 0.0704. The molecule has 0 atom stereocenters. The van der Waals surface area contributed by atoms with Gasteiger partial charge in [0.1, 0.15) is 4.90 Å². The topological polar surface area (TPSA) is 69.4 Å². The van der Waals surface area contributed by atoms with Crippen molar-refractivity contribution in [3.8, 4) is 0 Å². The number of hydrogen-bond donors (Lipinski definition) is 1. The van der Waals surface area contributed by atoms with E-state index in [0.717, 1.165) is 5.56 Å². The van der Waals surface area contributed by atoms with Gasteiger partial charge in [-0.3, -0.25) is 0 Å². The molecule has 0 aliphatic carbocycles. The summed E-state index contributed by atoms with van der Waals surface area (Å²) in [5.41, 5.74) is 0.796. The Hall–Kier alpha value is -0.620. The number of nitrogens with two attached hydrogens (primary N) is 1. The van der Waals surface area contributed by atoms with E-state index in [-0.39, 0.29) is 9.92 Å². The number of rotatable bonds is 3. The van der Waals surface area contributed by atoms with E-state index < -0.39 is 10.0 Å². The summed E-state index contributed by atoms with van der Waals surface area (Å²) < 4.78 is 26.8. The lowest BCUT2D eigenvalue weighted by molar-refractivity contribution is 0.185. The van der Waals surface area contributed by atoms with Crippen LogP contribution in [-0.4, -0.2) is 15.5 Å². The second kappa shape index (κ2) is 4.27. The van der Waals surface area contributed by atoms with Crippen molar-refractivity contribution < 1.29 is 13.2 Å². The lowest BCUT2D eigenvalue weighted by atomic mass is 10.2. The van der Waals surface area contributed by atoms with Crippen LogP contribution >= 0.6 is 11.6 Å². The predicted octanol–water partition coefficient (Wildman–Crippen LogP) is 1.13. The van der Waals surface area contributed by atoms with Gasteiger partial charge in [0.05, 0.1) is 11.6 Å². The second-order valence-corrected chi connectivity index (χ2v) is 4.68. The molecule has 1 rings (SSSR count). The summed E-state index contributed by atoms with van der Waals surface area (Å²) in [6, 6.07) is 4.49. The molecule has 0 amide bonds. The van der Waals surface area contributed by atoms with E-state index in [1.165, 1.54) is 12.1 Å². The zero-order valence-electron chi connectivity index (χ0n) is 7.53. The maximum Gasteiger partial charge on any atom is 0.239 e. The quantitative estimate of drug-likeness (QED) is 0.854. The highest BCUT2D eigenvalue weighted by atomic mass is 35.5. The van der Waals surface area contributed by atoms with E-state index in [1.54, 1.807) is 13.2 Å². The lowest BCUT2D eigenvalue weighted by Gasteiger charge is -2.04. The highest BCUT2D eigenvalue weighted by Crippen LogP contribution is 2.21. The summed E-state index contributed by atoms with van der Waals surface area (Å²) in [6.07, 6.45) is 0. The molecule has 2 N–H and O–H groups in total. The summed E-state index contributed by atoms with van der Waals surface area (Å²) in [5, 5.41) is 5.05. The Kier molecular flexibility index (Phi) is 3.49. The van der Waals surface area contributed by atoms with Crippen LogP contribution in [0.5, 0.6) is 0 Å². The minimum Gasteiger partial charge on any atom is -0.380 e. The van der Waals surface area contributed by atoms with Gasteiger partial charge in [-0.2, -0.15) is 0 Å². The third kappa shape index (κ3) is 2.68. The van der Waals surface area contributed by atoms with Gasteiger partial charge in [0.2, 0.25) is 10.0 Å². The van der Waals surface area contributed by atoms with Crippen molar-refractivity contribution in [1.29, 1.82) is 0 Å². The van der Waals surface area contributed by atoms with Crippen molar-refractivity contribution in [2.75, 3.05) is 7.11 Å². The van der Waals surface area contributed by atoms with Gasteiger partial charge in [0.15, 0.2) is 0 Å². The third-order valence-electron chi connectivity index (χ3n) is 1.61. The molecule has 1 aromatic rings. The average Bonchev–Trinajstić information content (AvgIpc) is 2.02. The Morgan fingerprint density at radius 2 is 2.14 bits per heavy atom. The van der Waals surface area contributed by atoms with Gasteiger partial charge in [-0.1, -0.05) is 17.7 Å². The molecule has 14 heavy (non-hydrogen) atoms. The normalized spacial score (nSPS) is 11.6. The first-order chi connectivity index (χ1) is 6.45. The van der Waals surface area contributed by atoms with Crippen molar-refractivity contribution in [3.05, 3.63) is 28.8 Å². The molecule has 4 nitrogen and oxygen atoms in total. The minimum atomic E-state index is -3.74. The molecule has 0 radical (unpaired) electrons. The molecule has 0 fully saturated rings.